The van der Waals surface area contributed by atoms with Crippen LogP contribution in [0.5, 0.6) is 11.5 Å². The van der Waals surface area contributed by atoms with Gasteiger partial charge in [-0.05, 0) is 25.0 Å². The summed E-state index contributed by atoms with van der Waals surface area (Å²) in [7, 11) is 1.51. The summed E-state index contributed by atoms with van der Waals surface area (Å²) < 4.78 is 12.8. The van der Waals surface area contributed by atoms with Crippen molar-refractivity contribution in [1.82, 2.24) is 14.8 Å². The van der Waals surface area contributed by atoms with Gasteiger partial charge in [0.25, 0.3) is 5.56 Å². The number of ether oxygens (including phenoxy) is 2. The Morgan fingerprint density at radius 3 is 2.74 bits per heavy atom. The highest BCUT2D eigenvalue weighted by molar-refractivity contribution is 6.10. The number of aryl methyl sites for hydroxylation is 1. The van der Waals surface area contributed by atoms with Crippen LogP contribution in [0.3, 0.4) is 0 Å². The number of carbonyl (C=O) groups is 1. The molecule has 0 atom stereocenters. The molecule has 9 heteroatoms. The van der Waals surface area contributed by atoms with Gasteiger partial charge in [-0.15, -0.1) is 0 Å². The molecule has 0 amide bonds. The van der Waals surface area contributed by atoms with E-state index < -0.39 is 5.97 Å². The number of hydrogen-bond donors (Lipinski definition) is 3. The highest BCUT2D eigenvalue weighted by Gasteiger charge is 2.20. The van der Waals surface area contributed by atoms with Crippen molar-refractivity contribution < 1.29 is 19.4 Å². The molecule has 0 aliphatic rings. The van der Waals surface area contributed by atoms with Gasteiger partial charge < -0.3 is 25.3 Å². The van der Waals surface area contributed by atoms with Crippen LogP contribution in [-0.2, 0) is 4.79 Å². The van der Waals surface area contributed by atoms with E-state index in [9.17, 15) is 9.59 Å². The molecule has 0 aliphatic heterocycles. The van der Waals surface area contributed by atoms with Crippen molar-refractivity contribution in [3.05, 3.63) is 52.3 Å². The van der Waals surface area contributed by atoms with Crippen LogP contribution in [0.25, 0.3) is 27.5 Å². The molecule has 0 saturated heterocycles. The molecule has 0 aliphatic carbocycles. The minimum atomic E-state index is -0.893. The fourth-order valence-corrected chi connectivity index (χ4v) is 3.57. The van der Waals surface area contributed by atoms with Gasteiger partial charge in [0.15, 0.2) is 0 Å². The van der Waals surface area contributed by atoms with Crippen LogP contribution in [0.4, 0.5) is 5.82 Å². The number of anilines is 1. The van der Waals surface area contributed by atoms with E-state index in [2.05, 4.69) is 10.1 Å². The predicted molar refractivity (Wildman–Crippen MR) is 117 cm³/mol. The number of methoxy groups -OCH3 is 1. The highest BCUT2D eigenvalue weighted by atomic mass is 16.5. The average Bonchev–Trinajstić information content (AvgIpc) is 3.08. The summed E-state index contributed by atoms with van der Waals surface area (Å²) in [6, 6.07) is 11.0. The summed E-state index contributed by atoms with van der Waals surface area (Å²) in [5.74, 6) is 0.244. The molecule has 31 heavy (non-hydrogen) atoms. The van der Waals surface area contributed by atoms with Crippen molar-refractivity contribution in [2.24, 2.45) is 0 Å². The zero-order valence-corrected chi connectivity index (χ0v) is 17.1. The Morgan fingerprint density at radius 2 is 2.03 bits per heavy atom. The van der Waals surface area contributed by atoms with E-state index in [-0.39, 0.29) is 29.8 Å². The Morgan fingerprint density at radius 1 is 1.26 bits per heavy atom. The van der Waals surface area contributed by atoms with Gasteiger partial charge in [-0.3, -0.25) is 9.59 Å². The van der Waals surface area contributed by atoms with Crippen LogP contribution in [0.15, 0.2) is 41.2 Å². The van der Waals surface area contributed by atoms with Crippen molar-refractivity contribution in [1.29, 1.82) is 0 Å². The van der Waals surface area contributed by atoms with Gasteiger partial charge in [0, 0.05) is 18.6 Å². The number of fused-ring (bicyclic) bond motifs is 3. The van der Waals surface area contributed by atoms with Gasteiger partial charge in [0.05, 0.1) is 30.3 Å². The zero-order valence-electron chi connectivity index (χ0n) is 17.1. The number of H-pyrrole nitrogens is 1. The van der Waals surface area contributed by atoms with E-state index >= 15 is 0 Å². The molecule has 0 fully saturated rings. The number of nitrogens with zero attached hydrogens (tertiary/aromatic N) is 2. The first-order chi connectivity index (χ1) is 14.9. The first kappa shape index (κ1) is 20.3. The summed E-state index contributed by atoms with van der Waals surface area (Å²) in [6.07, 6.45) is 0.323. The van der Waals surface area contributed by atoms with E-state index in [0.29, 0.717) is 34.3 Å². The number of hydrogen-bond acceptors (Lipinski definition) is 6. The Balaban J connectivity index is 1.94. The molecule has 2 aromatic heterocycles. The number of carboxylic acids is 1. The molecule has 0 bridgehead atoms. The largest absolute Gasteiger partial charge is 0.497 e. The molecule has 0 saturated carbocycles. The summed E-state index contributed by atoms with van der Waals surface area (Å²) in [5.41, 5.74) is 8.57. The molecular weight excluding hydrogens is 400 g/mol. The molecule has 0 radical (unpaired) electrons. The van der Waals surface area contributed by atoms with Crippen LogP contribution in [0.2, 0.25) is 0 Å². The molecular formula is C22H22N4O5. The number of aliphatic carboxylic acids is 1. The number of rotatable bonds is 7. The second kappa shape index (κ2) is 8.02. The molecule has 2 heterocycles. The van der Waals surface area contributed by atoms with Gasteiger partial charge in [-0.1, -0.05) is 18.2 Å². The van der Waals surface area contributed by atoms with E-state index in [1.165, 1.54) is 7.11 Å². The zero-order chi connectivity index (χ0) is 22.1. The standard InChI is InChI=1S/C22H22N4O5/c1-12-6-3-4-7-15(12)26-21(23)19-20(25-26)18-14(24-22(19)29)10-13(30-2)11-16(18)31-9-5-8-17(27)28/h3-4,6-7,10-11H,5,8-9,23H2,1-2H3,(H,24,29)(H,27,28). The number of nitrogen functional groups attached to an aromatic ring is 1. The Hall–Kier alpha value is -4.01. The van der Waals surface area contributed by atoms with Crippen LogP contribution >= 0.6 is 0 Å². The Labute approximate surface area is 177 Å². The molecule has 4 rings (SSSR count). The lowest BCUT2D eigenvalue weighted by Crippen LogP contribution is -2.09. The van der Waals surface area contributed by atoms with Crippen LogP contribution in [0.1, 0.15) is 18.4 Å². The number of aromatic nitrogens is 3. The van der Waals surface area contributed by atoms with Gasteiger partial charge in [-0.2, -0.15) is 5.10 Å². The number of benzene rings is 2. The summed E-state index contributed by atoms with van der Waals surface area (Å²) in [4.78, 5) is 26.5. The average molecular weight is 422 g/mol. The third kappa shape index (κ3) is 3.65. The van der Waals surface area contributed by atoms with Gasteiger partial charge in [-0.25, -0.2) is 4.68 Å². The molecule has 0 spiro atoms. The van der Waals surface area contributed by atoms with Crippen molar-refractivity contribution in [3.63, 3.8) is 0 Å². The fourth-order valence-electron chi connectivity index (χ4n) is 3.57. The molecule has 4 aromatic rings. The maximum absolute atomic E-state index is 12.9. The van der Waals surface area contributed by atoms with Gasteiger partial charge in [0.1, 0.15) is 28.2 Å². The smallest absolute Gasteiger partial charge is 0.303 e. The molecule has 160 valence electrons. The fraction of sp³-hybridized carbons (Fsp3) is 0.227. The Kier molecular flexibility index (Phi) is 5.24. The number of nitrogens with two attached hydrogens (primary N) is 1. The quantitative estimate of drug-likeness (QED) is 0.390. The Bertz CT molecular complexity index is 1360. The normalized spacial score (nSPS) is 11.2. The van der Waals surface area contributed by atoms with Gasteiger partial charge >= 0.3 is 5.97 Å². The van der Waals surface area contributed by atoms with Crippen molar-refractivity contribution >= 4 is 33.6 Å². The minimum Gasteiger partial charge on any atom is -0.497 e. The SMILES string of the molecule is COc1cc(OCCCC(=O)O)c2c(c1)[nH]c(=O)c1c(N)n(-c3ccccc3C)nc12. The third-order valence-electron chi connectivity index (χ3n) is 5.08. The number of carboxylic acid groups (broad SMARTS) is 1. The van der Waals surface area contributed by atoms with E-state index in [0.717, 1.165) is 11.3 Å². The topological polar surface area (TPSA) is 132 Å². The number of para-hydroxylation sites is 1. The number of nitrogens with one attached hydrogen (secondary N) is 1. The molecule has 9 nitrogen and oxygen atoms in total. The van der Waals surface area contributed by atoms with Crippen LogP contribution in [-0.4, -0.2) is 39.6 Å². The van der Waals surface area contributed by atoms with Crippen molar-refractivity contribution in [2.45, 2.75) is 19.8 Å². The summed E-state index contributed by atoms with van der Waals surface area (Å²) in [5, 5.41) is 14.4. The molecule has 4 N–H and O–H groups in total. The number of aromatic amines is 1. The van der Waals surface area contributed by atoms with Crippen molar-refractivity contribution in [2.75, 3.05) is 19.5 Å². The van der Waals surface area contributed by atoms with E-state index in [4.69, 9.17) is 20.3 Å². The predicted octanol–water partition coefficient (Wildman–Crippen LogP) is 3.01. The lowest BCUT2D eigenvalue weighted by molar-refractivity contribution is -0.137. The summed E-state index contributed by atoms with van der Waals surface area (Å²) in [6.45, 7) is 2.12. The van der Waals surface area contributed by atoms with E-state index in [1.807, 2.05) is 31.2 Å². The molecule has 2 aromatic carbocycles. The number of pyridine rings is 1. The summed E-state index contributed by atoms with van der Waals surface area (Å²) >= 11 is 0. The van der Waals surface area contributed by atoms with Crippen LogP contribution in [0, 0.1) is 6.92 Å². The third-order valence-corrected chi connectivity index (χ3v) is 5.08. The second-order valence-electron chi connectivity index (χ2n) is 7.16. The van der Waals surface area contributed by atoms with E-state index in [1.54, 1.807) is 16.8 Å². The first-order valence-corrected chi connectivity index (χ1v) is 9.73. The van der Waals surface area contributed by atoms with Gasteiger partial charge in [0.2, 0.25) is 0 Å². The lowest BCUT2D eigenvalue weighted by Gasteiger charge is -2.11. The van der Waals surface area contributed by atoms with Crippen LogP contribution < -0.4 is 20.8 Å². The monoisotopic (exact) mass is 422 g/mol. The maximum atomic E-state index is 12.9. The lowest BCUT2D eigenvalue weighted by atomic mass is 10.1. The molecule has 0 unspecified atom stereocenters. The maximum Gasteiger partial charge on any atom is 0.303 e. The second-order valence-corrected chi connectivity index (χ2v) is 7.16. The first-order valence-electron chi connectivity index (χ1n) is 9.73. The highest BCUT2D eigenvalue weighted by Crippen LogP contribution is 2.36. The minimum absolute atomic E-state index is 0.0109. The van der Waals surface area contributed by atoms with Crippen molar-refractivity contribution in [3.8, 4) is 17.2 Å².